The summed E-state index contributed by atoms with van der Waals surface area (Å²) >= 11 is 2.95. The van der Waals surface area contributed by atoms with Crippen molar-refractivity contribution in [2.45, 2.75) is 13.3 Å². The van der Waals surface area contributed by atoms with Crippen molar-refractivity contribution in [2.24, 2.45) is 0 Å². The van der Waals surface area contributed by atoms with Gasteiger partial charge in [-0.05, 0) is 18.6 Å². The van der Waals surface area contributed by atoms with E-state index in [1.54, 1.807) is 6.07 Å². The Morgan fingerprint density at radius 3 is 2.53 bits per heavy atom. The number of hydrogen-bond donors (Lipinski definition) is 2. The molecule has 0 saturated carbocycles. The lowest BCUT2D eigenvalue weighted by molar-refractivity contribution is 0.101. The van der Waals surface area contributed by atoms with Gasteiger partial charge < -0.3 is 5.32 Å². The number of aryl methyl sites for hydroxylation is 1. The number of benzene rings is 1. The molecular weight excluding hydrogens is 320 g/mol. The maximum Gasteiger partial charge on any atom is 0.262 e. The molecule has 0 spiro atoms. The summed E-state index contributed by atoms with van der Waals surface area (Å²) in [6.07, 6.45) is 0.712. The van der Waals surface area contributed by atoms with Gasteiger partial charge in [-0.25, -0.2) is 8.78 Å². The minimum Gasteiger partial charge on any atom is -0.305 e. The fourth-order valence-electron chi connectivity index (χ4n) is 1.54. The Morgan fingerprint density at radius 2 is 2.00 bits per heavy atom. The van der Waals surface area contributed by atoms with Crippen LogP contribution in [0.5, 0.6) is 0 Å². The number of H-pyrrole nitrogens is 1. The summed E-state index contributed by atoms with van der Waals surface area (Å²) in [6, 6.07) is 3.66. The summed E-state index contributed by atoms with van der Waals surface area (Å²) in [5.41, 5.74) is 0.177. The number of nitrogens with one attached hydrogen (secondary N) is 2. The molecule has 2 rings (SSSR count). The molecule has 1 amide bonds. The van der Waals surface area contributed by atoms with Gasteiger partial charge in [0, 0.05) is 16.2 Å². The molecule has 0 atom stereocenters. The summed E-state index contributed by atoms with van der Waals surface area (Å²) in [4.78, 5) is 11.8. The molecule has 0 fully saturated rings. The van der Waals surface area contributed by atoms with Crippen LogP contribution in [0, 0.1) is 11.6 Å². The highest BCUT2D eigenvalue weighted by Gasteiger charge is 2.19. The van der Waals surface area contributed by atoms with Gasteiger partial charge in [-0.3, -0.25) is 9.89 Å². The van der Waals surface area contributed by atoms with Gasteiger partial charge in [0.1, 0.15) is 17.2 Å². The van der Waals surface area contributed by atoms with Crippen LogP contribution in [0.4, 0.5) is 14.6 Å². The molecule has 4 nitrogen and oxygen atoms in total. The van der Waals surface area contributed by atoms with Crippen LogP contribution in [0.15, 0.2) is 22.7 Å². The molecular formula is C12H10BrF2N3O. The average Bonchev–Trinajstić information content (AvgIpc) is 2.75. The smallest absolute Gasteiger partial charge is 0.262 e. The van der Waals surface area contributed by atoms with Crippen LogP contribution in [-0.2, 0) is 6.42 Å². The second-order valence-electron chi connectivity index (χ2n) is 3.83. The first-order valence-corrected chi connectivity index (χ1v) is 6.30. The Bertz CT molecular complexity index is 604. The number of rotatable bonds is 3. The Hall–Kier alpha value is -1.76. The van der Waals surface area contributed by atoms with Crippen LogP contribution >= 0.6 is 15.9 Å². The van der Waals surface area contributed by atoms with Crippen LogP contribution < -0.4 is 5.32 Å². The lowest BCUT2D eigenvalue weighted by Crippen LogP contribution is -2.16. The molecule has 0 saturated heterocycles. The zero-order chi connectivity index (χ0) is 14.0. The molecule has 100 valence electrons. The van der Waals surface area contributed by atoms with Crippen LogP contribution in [0.2, 0.25) is 0 Å². The van der Waals surface area contributed by atoms with E-state index < -0.39 is 23.1 Å². The minimum atomic E-state index is -0.935. The third-order valence-electron chi connectivity index (χ3n) is 2.49. The fourth-order valence-corrected chi connectivity index (χ4v) is 1.95. The van der Waals surface area contributed by atoms with E-state index in [4.69, 9.17) is 0 Å². The molecule has 7 heteroatoms. The molecule has 2 N–H and O–H groups in total. The number of hydrogen-bond acceptors (Lipinski definition) is 2. The standard InChI is InChI=1S/C12H10BrF2N3O/c1-2-7-5-10(18-17-7)16-12(19)11-8(14)3-6(13)4-9(11)15/h3-5H,2H2,1H3,(H2,16,17,18,19). The first-order valence-electron chi connectivity index (χ1n) is 5.51. The molecule has 0 aliphatic carbocycles. The molecule has 19 heavy (non-hydrogen) atoms. The number of anilines is 1. The first-order chi connectivity index (χ1) is 9.01. The third kappa shape index (κ3) is 2.98. The van der Waals surface area contributed by atoms with Crippen LogP contribution in [0.3, 0.4) is 0 Å². The zero-order valence-corrected chi connectivity index (χ0v) is 11.5. The van der Waals surface area contributed by atoms with E-state index in [-0.39, 0.29) is 10.3 Å². The lowest BCUT2D eigenvalue weighted by Gasteiger charge is -2.05. The number of carbonyl (C=O) groups excluding carboxylic acids is 1. The van der Waals surface area contributed by atoms with Crippen molar-refractivity contribution in [3.05, 3.63) is 45.6 Å². The lowest BCUT2D eigenvalue weighted by atomic mass is 10.2. The number of aromatic nitrogens is 2. The van der Waals surface area contributed by atoms with Gasteiger partial charge in [-0.2, -0.15) is 5.10 Å². The van der Waals surface area contributed by atoms with Gasteiger partial charge in [-0.1, -0.05) is 22.9 Å². The van der Waals surface area contributed by atoms with Crippen LogP contribution in [0.25, 0.3) is 0 Å². The fraction of sp³-hybridized carbons (Fsp3) is 0.167. The predicted octanol–water partition coefficient (Wildman–Crippen LogP) is 3.27. The van der Waals surface area contributed by atoms with Gasteiger partial charge in [-0.15, -0.1) is 0 Å². The summed E-state index contributed by atoms with van der Waals surface area (Å²) < 4.78 is 27.4. The van der Waals surface area contributed by atoms with Crippen LogP contribution in [-0.4, -0.2) is 16.1 Å². The van der Waals surface area contributed by atoms with Crippen molar-refractivity contribution in [3.63, 3.8) is 0 Å². The predicted molar refractivity (Wildman–Crippen MR) is 70.0 cm³/mol. The molecule has 0 bridgehead atoms. The number of carbonyl (C=O) groups is 1. The van der Waals surface area contributed by atoms with Crippen molar-refractivity contribution in [2.75, 3.05) is 5.32 Å². The second-order valence-corrected chi connectivity index (χ2v) is 4.75. The Labute approximate surface area is 116 Å². The number of halogens is 3. The summed E-state index contributed by atoms with van der Waals surface area (Å²) in [7, 11) is 0. The molecule has 0 aliphatic rings. The quantitative estimate of drug-likeness (QED) is 0.908. The molecule has 2 aromatic rings. The number of nitrogens with zero attached hydrogens (tertiary/aromatic N) is 1. The monoisotopic (exact) mass is 329 g/mol. The average molecular weight is 330 g/mol. The van der Waals surface area contributed by atoms with Gasteiger partial charge in [0.25, 0.3) is 5.91 Å². The topological polar surface area (TPSA) is 57.8 Å². The van der Waals surface area contributed by atoms with Crippen molar-refractivity contribution in [1.82, 2.24) is 10.2 Å². The Kier molecular flexibility index (Phi) is 3.94. The third-order valence-corrected chi connectivity index (χ3v) is 2.95. The van der Waals surface area contributed by atoms with E-state index in [0.29, 0.717) is 6.42 Å². The highest BCUT2D eigenvalue weighted by atomic mass is 79.9. The number of amides is 1. The van der Waals surface area contributed by atoms with Crippen molar-refractivity contribution in [1.29, 1.82) is 0 Å². The van der Waals surface area contributed by atoms with E-state index in [1.165, 1.54) is 0 Å². The molecule has 1 aromatic heterocycles. The highest BCUT2D eigenvalue weighted by molar-refractivity contribution is 9.10. The maximum atomic E-state index is 13.6. The van der Waals surface area contributed by atoms with Gasteiger partial charge >= 0.3 is 0 Å². The van der Waals surface area contributed by atoms with E-state index in [0.717, 1.165) is 17.8 Å². The van der Waals surface area contributed by atoms with E-state index in [9.17, 15) is 13.6 Å². The van der Waals surface area contributed by atoms with Gasteiger partial charge in [0.05, 0.1) is 0 Å². The van der Waals surface area contributed by atoms with E-state index >= 15 is 0 Å². The van der Waals surface area contributed by atoms with Gasteiger partial charge in [0.15, 0.2) is 5.82 Å². The van der Waals surface area contributed by atoms with Crippen molar-refractivity contribution < 1.29 is 13.6 Å². The molecule has 1 heterocycles. The summed E-state index contributed by atoms with van der Waals surface area (Å²) in [5, 5.41) is 8.85. The highest BCUT2D eigenvalue weighted by Crippen LogP contribution is 2.20. The minimum absolute atomic E-state index is 0.226. The largest absolute Gasteiger partial charge is 0.305 e. The normalized spacial score (nSPS) is 10.5. The van der Waals surface area contributed by atoms with Crippen LogP contribution in [0.1, 0.15) is 23.0 Å². The van der Waals surface area contributed by atoms with Crippen molar-refractivity contribution >= 4 is 27.7 Å². The molecule has 0 radical (unpaired) electrons. The maximum absolute atomic E-state index is 13.6. The molecule has 0 unspecified atom stereocenters. The molecule has 0 aliphatic heterocycles. The SMILES string of the molecule is CCc1cc(NC(=O)c2c(F)cc(Br)cc2F)n[nH]1. The Morgan fingerprint density at radius 1 is 1.37 bits per heavy atom. The number of aromatic amines is 1. The Balaban J connectivity index is 2.25. The first kappa shape index (κ1) is 13.7. The van der Waals surface area contributed by atoms with Crippen molar-refractivity contribution in [3.8, 4) is 0 Å². The molecule has 1 aromatic carbocycles. The van der Waals surface area contributed by atoms with Gasteiger partial charge in [0.2, 0.25) is 0 Å². The summed E-state index contributed by atoms with van der Waals surface area (Å²) in [5.74, 6) is -2.52. The van der Waals surface area contributed by atoms with E-state index in [1.807, 2.05) is 6.92 Å². The summed E-state index contributed by atoms with van der Waals surface area (Å²) in [6.45, 7) is 1.91. The van der Waals surface area contributed by atoms with E-state index in [2.05, 4.69) is 31.4 Å². The second kappa shape index (κ2) is 5.48. The zero-order valence-electron chi connectivity index (χ0n) is 9.93.